The van der Waals surface area contributed by atoms with Crippen molar-refractivity contribution in [3.05, 3.63) is 0 Å². The number of urea groups is 1. The number of carbonyl (C=O) groups excluding carboxylic acids is 1. The quantitative estimate of drug-likeness (QED) is 0.774. The van der Waals surface area contributed by atoms with Gasteiger partial charge in [0, 0.05) is 30.3 Å². The van der Waals surface area contributed by atoms with Gasteiger partial charge in [0.1, 0.15) is 6.04 Å². The van der Waals surface area contributed by atoms with Gasteiger partial charge < -0.3 is 10.0 Å². The number of hydrogen-bond donors (Lipinski definition) is 1. The fraction of sp³-hybridized carbons (Fsp3) is 0.800. The highest BCUT2D eigenvalue weighted by molar-refractivity contribution is 8.00. The zero-order valence-electron chi connectivity index (χ0n) is 9.66. The summed E-state index contributed by atoms with van der Waals surface area (Å²) >= 11 is 3.36. The van der Waals surface area contributed by atoms with Crippen molar-refractivity contribution in [3.63, 3.8) is 0 Å². The molecule has 0 spiro atoms. The fourth-order valence-electron chi connectivity index (χ4n) is 2.04. The minimum atomic E-state index is -0.901. The van der Waals surface area contributed by atoms with Crippen LogP contribution < -0.4 is 0 Å². The van der Waals surface area contributed by atoms with Crippen LogP contribution in [-0.2, 0) is 4.79 Å². The molecule has 2 amide bonds. The summed E-state index contributed by atoms with van der Waals surface area (Å²) in [5, 5.41) is 9.08. The summed E-state index contributed by atoms with van der Waals surface area (Å²) in [5.41, 5.74) is 0. The van der Waals surface area contributed by atoms with Crippen LogP contribution >= 0.6 is 23.5 Å². The summed E-state index contributed by atoms with van der Waals surface area (Å²) < 4.78 is 0. The van der Waals surface area contributed by atoms with E-state index < -0.39 is 12.0 Å². The average molecular weight is 276 g/mol. The van der Waals surface area contributed by atoms with Crippen molar-refractivity contribution in [2.24, 2.45) is 0 Å². The Kier molecular flexibility index (Phi) is 4.09. The molecule has 2 aliphatic rings. The Labute approximate surface area is 109 Å². The molecule has 2 saturated heterocycles. The number of hydrogen-bond acceptors (Lipinski definition) is 4. The number of aliphatic carboxylic acids is 1. The normalized spacial score (nSPS) is 29.5. The number of carboxylic acid groups (broad SMARTS) is 1. The molecule has 2 heterocycles. The van der Waals surface area contributed by atoms with Gasteiger partial charge in [0.25, 0.3) is 0 Å². The first-order chi connectivity index (χ1) is 8.11. The van der Waals surface area contributed by atoms with Gasteiger partial charge in [0.2, 0.25) is 0 Å². The van der Waals surface area contributed by atoms with E-state index in [9.17, 15) is 9.59 Å². The fourth-order valence-corrected chi connectivity index (χ4v) is 4.11. The summed E-state index contributed by atoms with van der Waals surface area (Å²) in [6.45, 7) is 3.34. The number of thioether (sulfide) groups is 2. The Bertz CT molecular complexity index is 321. The summed E-state index contributed by atoms with van der Waals surface area (Å²) in [4.78, 5) is 26.7. The lowest BCUT2D eigenvalue weighted by molar-refractivity contribution is -0.141. The van der Waals surface area contributed by atoms with Crippen LogP contribution in [0.15, 0.2) is 0 Å². The van der Waals surface area contributed by atoms with E-state index in [1.807, 2.05) is 18.7 Å². The second-order valence-electron chi connectivity index (χ2n) is 4.08. The minimum absolute atomic E-state index is 0.0434. The SMILES string of the molecule is CC1SCC(C(=O)O)N1C(=O)N1CCSCC1. The maximum atomic E-state index is 12.3. The van der Waals surface area contributed by atoms with Crippen LogP contribution in [0.25, 0.3) is 0 Å². The van der Waals surface area contributed by atoms with Crippen LogP contribution in [0.3, 0.4) is 0 Å². The maximum absolute atomic E-state index is 12.3. The number of carboxylic acids is 1. The van der Waals surface area contributed by atoms with Crippen molar-refractivity contribution >= 4 is 35.5 Å². The number of nitrogens with zero attached hydrogens (tertiary/aromatic N) is 2. The third-order valence-electron chi connectivity index (χ3n) is 3.01. The lowest BCUT2D eigenvalue weighted by Crippen LogP contribution is -2.52. The first-order valence-corrected chi connectivity index (χ1v) is 7.81. The number of amides is 2. The third kappa shape index (κ3) is 2.65. The second kappa shape index (κ2) is 5.39. The van der Waals surface area contributed by atoms with Gasteiger partial charge >= 0.3 is 12.0 Å². The molecule has 2 atom stereocenters. The molecule has 96 valence electrons. The summed E-state index contributed by atoms with van der Waals surface area (Å²) in [5.74, 6) is 1.48. The van der Waals surface area contributed by atoms with Crippen LogP contribution in [0.2, 0.25) is 0 Å². The summed E-state index contributed by atoms with van der Waals surface area (Å²) in [6, 6.07) is -0.785. The van der Waals surface area contributed by atoms with Crippen molar-refractivity contribution in [1.82, 2.24) is 9.80 Å². The standard InChI is InChI=1S/C10H16N2O3S2/c1-7-12(8(6-17-7)9(13)14)10(15)11-2-4-16-5-3-11/h7-8H,2-6H2,1H3,(H,13,14). The Morgan fingerprint density at radius 2 is 1.94 bits per heavy atom. The van der Waals surface area contributed by atoms with Gasteiger partial charge in [-0.1, -0.05) is 0 Å². The van der Waals surface area contributed by atoms with Crippen LogP contribution in [0.1, 0.15) is 6.92 Å². The zero-order valence-corrected chi connectivity index (χ0v) is 11.3. The predicted molar refractivity (Wildman–Crippen MR) is 69.5 cm³/mol. The molecule has 2 fully saturated rings. The molecule has 5 nitrogen and oxygen atoms in total. The van der Waals surface area contributed by atoms with Gasteiger partial charge in [-0.25, -0.2) is 9.59 Å². The topological polar surface area (TPSA) is 60.9 Å². The molecule has 2 aliphatic heterocycles. The third-order valence-corrected chi connectivity index (χ3v) is 5.17. The molecule has 0 aliphatic carbocycles. The van der Waals surface area contributed by atoms with Gasteiger partial charge in [-0.05, 0) is 6.92 Å². The molecule has 1 N–H and O–H groups in total. The molecule has 17 heavy (non-hydrogen) atoms. The lowest BCUT2D eigenvalue weighted by atomic mass is 10.3. The predicted octanol–water partition coefficient (Wildman–Crippen LogP) is 1.00. The Morgan fingerprint density at radius 1 is 1.29 bits per heavy atom. The molecule has 0 radical (unpaired) electrons. The first-order valence-electron chi connectivity index (χ1n) is 5.60. The maximum Gasteiger partial charge on any atom is 0.327 e. The van der Waals surface area contributed by atoms with Crippen molar-refractivity contribution in [3.8, 4) is 0 Å². The molecule has 2 unspecified atom stereocenters. The van der Waals surface area contributed by atoms with E-state index in [1.54, 1.807) is 4.90 Å². The highest BCUT2D eigenvalue weighted by Crippen LogP contribution is 2.30. The average Bonchev–Trinajstić information content (AvgIpc) is 2.71. The summed E-state index contributed by atoms with van der Waals surface area (Å²) in [6.07, 6.45) is 0. The number of rotatable bonds is 1. The molecular weight excluding hydrogens is 260 g/mol. The highest BCUT2D eigenvalue weighted by Gasteiger charge is 2.41. The van der Waals surface area contributed by atoms with Gasteiger partial charge in [-0.2, -0.15) is 11.8 Å². The molecule has 0 saturated carbocycles. The van der Waals surface area contributed by atoms with Gasteiger partial charge in [-0.15, -0.1) is 11.8 Å². The van der Waals surface area contributed by atoms with Crippen molar-refractivity contribution < 1.29 is 14.7 Å². The Balaban J connectivity index is 2.07. The van der Waals surface area contributed by atoms with Crippen molar-refractivity contribution in [2.75, 3.05) is 30.3 Å². The molecule has 0 aromatic heterocycles. The van der Waals surface area contributed by atoms with Crippen LogP contribution in [0, 0.1) is 0 Å². The van der Waals surface area contributed by atoms with Crippen LogP contribution in [0.5, 0.6) is 0 Å². The van der Waals surface area contributed by atoms with E-state index in [1.165, 1.54) is 16.7 Å². The van der Waals surface area contributed by atoms with Crippen molar-refractivity contribution in [2.45, 2.75) is 18.3 Å². The lowest BCUT2D eigenvalue weighted by Gasteiger charge is -2.34. The van der Waals surface area contributed by atoms with E-state index in [2.05, 4.69) is 0 Å². The largest absolute Gasteiger partial charge is 0.480 e. The zero-order chi connectivity index (χ0) is 12.4. The molecule has 0 bridgehead atoms. The molecule has 2 rings (SSSR count). The monoisotopic (exact) mass is 276 g/mol. The van der Waals surface area contributed by atoms with Gasteiger partial charge in [-0.3, -0.25) is 4.90 Å². The van der Waals surface area contributed by atoms with E-state index in [4.69, 9.17) is 5.11 Å². The Morgan fingerprint density at radius 3 is 2.53 bits per heavy atom. The molecule has 7 heteroatoms. The van der Waals surface area contributed by atoms with E-state index in [-0.39, 0.29) is 11.4 Å². The summed E-state index contributed by atoms with van der Waals surface area (Å²) in [7, 11) is 0. The van der Waals surface area contributed by atoms with Crippen LogP contribution in [-0.4, -0.2) is 68.7 Å². The van der Waals surface area contributed by atoms with E-state index in [0.717, 1.165) is 24.6 Å². The molecule has 0 aromatic rings. The van der Waals surface area contributed by atoms with Crippen molar-refractivity contribution in [1.29, 1.82) is 0 Å². The number of carbonyl (C=O) groups is 2. The smallest absolute Gasteiger partial charge is 0.327 e. The Hall–Kier alpha value is -0.560. The van der Waals surface area contributed by atoms with E-state index >= 15 is 0 Å². The van der Waals surface area contributed by atoms with E-state index in [0.29, 0.717) is 5.75 Å². The second-order valence-corrected chi connectivity index (χ2v) is 6.65. The molecule has 0 aromatic carbocycles. The first kappa shape index (κ1) is 12.9. The van der Waals surface area contributed by atoms with Gasteiger partial charge in [0.15, 0.2) is 0 Å². The highest BCUT2D eigenvalue weighted by atomic mass is 32.2. The van der Waals surface area contributed by atoms with Gasteiger partial charge in [0.05, 0.1) is 5.37 Å². The minimum Gasteiger partial charge on any atom is -0.480 e. The molecular formula is C10H16N2O3S2. The van der Waals surface area contributed by atoms with Crippen LogP contribution in [0.4, 0.5) is 4.79 Å².